The predicted octanol–water partition coefficient (Wildman–Crippen LogP) is 3.23. The molecule has 100 valence electrons. The third-order valence-electron chi connectivity index (χ3n) is 3.01. The van der Waals surface area contributed by atoms with Crippen molar-refractivity contribution in [1.29, 1.82) is 0 Å². The molecular formula is C16H19NOS. The van der Waals surface area contributed by atoms with Gasteiger partial charge in [-0.2, -0.15) is 0 Å². The molecule has 0 unspecified atom stereocenters. The molecule has 0 bridgehead atoms. The van der Waals surface area contributed by atoms with Crippen molar-refractivity contribution in [2.45, 2.75) is 17.5 Å². The zero-order chi connectivity index (χ0) is 13.5. The molecule has 1 atom stereocenters. The molecular weight excluding hydrogens is 254 g/mol. The van der Waals surface area contributed by atoms with E-state index in [0.717, 1.165) is 12.1 Å². The molecule has 0 amide bonds. The summed E-state index contributed by atoms with van der Waals surface area (Å²) in [6, 6.07) is 18.2. The molecule has 0 saturated carbocycles. The lowest BCUT2D eigenvalue weighted by Gasteiger charge is -2.12. The van der Waals surface area contributed by atoms with Crippen LogP contribution in [0.2, 0.25) is 0 Å². The summed E-state index contributed by atoms with van der Waals surface area (Å²) in [7, 11) is 0. The highest BCUT2D eigenvalue weighted by molar-refractivity contribution is 7.98. The number of rotatable bonds is 6. The zero-order valence-electron chi connectivity index (χ0n) is 11.0. The van der Waals surface area contributed by atoms with Crippen LogP contribution in [0, 0.1) is 0 Å². The number of hydrogen-bond acceptors (Lipinski definition) is 3. The van der Waals surface area contributed by atoms with Crippen LogP contribution in [0.25, 0.3) is 0 Å². The highest BCUT2D eigenvalue weighted by Crippen LogP contribution is 2.15. The topological polar surface area (TPSA) is 32.3 Å². The molecule has 2 aromatic carbocycles. The largest absolute Gasteiger partial charge is 0.387 e. The molecule has 0 radical (unpaired) electrons. The number of aliphatic hydroxyl groups is 1. The molecule has 2 aromatic rings. The van der Waals surface area contributed by atoms with E-state index in [4.69, 9.17) is 0 Å². The maximum Gasteiger partial charge on any atom is 0.0914 e. The second-order valence-corrected chi connectivity index (χ2v) is 5.29. The molecule has 3 heteroatoms. The summed E-state index contributed by atoms with van der Waals surface area (Å²) in [4.78, 5) is 1.27. The third-order valence-corrected chi connectivity index (χ3v) is 3.75. The van der Waals surface area contributed by atoms with Crippen LogP contribution < -0.4 is 5.32 Å². The molecule has 0 heterocycles. The minimum Gasteiger partial charge on any atom is -0.387 e. The van der Waals surface area contributed by atoms with Crippen LogP contribution in [0.15, 0.2) is 59.5 Å². The summed E-state index contributed by atoms with van der Waals surface area (Å²) in [5, 5.41) is 13.3. The molecule has 19 heavy (non-hydrogen) atoms. The van der Waals surface area contributed by atoms with E-state index in [1.807, 2.05) is 30.3 Å². The predicted molar refractivity (Wildman–Crippen MR) is 81.3 cm³/mol. The first kappa shape index (κ1) is 14.1. The molecule has 0 aliphatic rings. The van der Waals surface area contributed by atoms with Crippen molar-refractivity contribution in [2.24, 2.45) is 0 Å². The van der Waals surface area contributed by atoms with Gasteiger partial charge in [-0.05, 0) is 29.5 Å². The number of hydrogen-bond donors (Lipinski definition) is 2. The van der Waals surface area contributed by atoms with Crippen LogP contribution in [0.5, 0.6) is 0 Å². The Bertz CT molecular complexity index is 484. The highest BCUT2D eigenvalue weighted by Gasteiger charge is 2.05. The Morgan fingerprint density at radius 2 is 1.74 bits per heavy atom. The standard InChI is InChI=1S/C16H19NOS/c1-19-15-9-7-13(8-10-15)11-17-12-16(18)14-5-3-2-4-6-14/h2-10,16-18H,11-12H2,1H3/t16-/m1/s1. The number of aliphatic hydroxyl groups excluding tert-OH is 1. The minimum absolute atomic E-state index is 0.452. The summed E-state index contributed by atoms with van der Waals surface area (Å²) in [6.45, 7) is 1.34. The van der Waals surface area contributed by atoms with Crippen LogP contribution in [0.4, 0.5) is 0 Å². The summed E-state index contributed by atoms with van der Waals surface area (Å²) < 4.78 is 0. The molecule has 0 saturated heterocycles. The molecule has 2 nitrogen and oxygen atoms in total. The van der Waals surface area contributed by atoms with E-state index in [2.05, 4.69) is 35.8 Å². The fraction of sp³-hybridized carbons (Fsp3) is 0.250. The van der Waals surface area contributed by atoms with Crippen LogP contribution in [0.1, 0.15) is 17.2 Å². The molecule has 0 spiro atoms. The van der Waals surface area contributed by atoms with E-state index >= 15 is 0 Å². The Morgan fingerprint density at radius 3 is 2.37 bits per heavy atom. The summed E-state index contributed by atoms with van der Waals surface area (Å²) in [5.41, 5.74) is 2.19. The number of thioether (sulfide) groups is 1. The van der Waals surface area contributed by atoms with Gasteiger partial charge in [0.25, 0.3) is 0 Å². The van der Waals surface area contributed by atoms with Gasteiger partial charge in [-0.15, -0.1) is 11.8 Å². The molecule has 0 aliphatic heterocycles. The lowest BCUT2D eigenvalue weighted by Crippen LogP contribution is -2.20. The van der Waals surface area contributed by atoms with Crippen molar-refractivity contribution < 1.29 is 5.11 Å². The molecule has 0 fully saturated rings. The van der Waals surface area contributed by atoms with Crippen molar-refractivity contribution in [1.82, 2.24) is 5.32 Å². The van der Waals surface area contributed by atoms with Gasteiger partial charge in [0.2, 0.25) is 0 Å². The van der Waals surface area contributed by atoms with E-state index in [1.165, 1.54) is 10.5 Å². The fourth-order valence-corrected chi connectivity index (χ4v) is 2.30. The normalized spacial score (nSPS) is 12.3. The Balaban J connectivity index is 1.79. The van der Waals surface area contributed by atoms with Gasteiger partial charge in [-0.3, -0.25) is 0 Å². The minimum atomic E-state index is -0.452. The first-order valence-electron chi connectivity index (χ1n) is 6.36. The second-order valence-electron chi connectivity index (χ2n) is 4.41. The first-order valence-corrected chi connectivity index (χ1v) is 7.58. The van der Waals surface area contributed by atoms with Crippen molar-refractivity contribution in [3.8, 4) is 0 Å². The van der Waals surface area contributed by atoms with Crippen LogP contribution in [-0.4, -0.2) is 17.9 Å². The van der Waals surface area contributed by atoms with Gasteiger partial charge in [0, 0.05) is 18.0 Å². The Kier molecular flexibility index (Phi) is 5.45. The van der Waals surface area contributed by atoms with Crippen molar-refractivity contribution in [2.75, 3.05) is 12.8 Å². The first-order chi connectivity index (χ1) is 9.29. The molecule has 0 aromatic heterocycles. The third kappa shape index (κ3) is 4.39. The van der Waals surface area contributed by atoms with Crippen molar-refractivity contribution in [3.05, 3.63) is 65.7 Å². The Hall–Kier alpha value is -1.29. The van der Waals surface area contributed by atoms with E-state index in [0.29, 0.717) is 6.54 Å². The van der Waals surface area contributed by atoms with E-state index < -0.39 is 6.10 Å². The average Bonchev–Trinajstić information content (AvgIpc) is 2.49. The van der Waals surface area contributed by atoms with Crippen LogP contribution in [0.3, 0.4) is 0 Å². The van der Waals surface area contributed by atoms with Gasteiger partial charge in [0.15, 0.2) is 0 Å². The Labute approximate surface area is 118 Å². The lowest BCUT2D eigenvalue weighted by molar-refractivity contribution is 0.174. The monoisotopic (exact) mass is 273 g/mol. The molecule has 2 N–H and O–H groups in total. The van der Waals surface area contributed by atoms with Gasteiger partial charge in [0.05, 0.1) is 6.10 Å². The quantitative estimate of drug-likeness (QED) is 0.793. The summed E-state index contributed by atoms with van der Waals surface area (Å²) in [6.07, 6.45) is 1.62. The van der Waals surface area contributed by atoms with Crippen molar-refractivity contribution >= 4 is 11.8 Å². The van der Waals surface area contributed by atoms with Crippen molar-refractivity contribution in [3.63, 3.8) is 0 Å². The average molecular weight is 273 g/mol. The molecule has 0 aliphatic carbocycles. The van der Waals surface area contributed by atoms with Crippen LogP contribution in [-0.2, 0) is 6.54 Å². The summed E-state index contributed by atoms with van der Waals surface area (Å²) in [5.74, 6) is 0. The van der Waals surface area contributed by atoms with Gasteiger partial charge in [0.1, 0.15) is 0 Å². The van der Waals surface area contributed by atoms with Gasteiger partial charge in [-0.25, -0.2) is 0 Å². The SMILES string of the molecule is CSc1ccc(CNC[C@@H](O)c2ccccc2)cc1. The maximum absolute atomic E-state index is 10.0. The van der Waals surface area contributed by atoms with Gasteiger partial charge < -0.3 is 10.4 Å². The fourth-order valence-electron chi connectivity index (χ4n) is 1.89. The van der Waals surface area contributed by atoms with Crippen LogP contribution >= 0.6 is 11.8 Å². The van der Waals surface area contributed by atoms with Gasteiger partial charge in [-0.1, -0.05) is 42.5 Å². The highest BCUT2D eigenvalue weighted by atomic mass is 32.2. The van der Waals surface area contributed by atoms with E-state index in [-0.39, 0.29) is 0 Å². The van der Waals surface area contributed by atoms with Gasteiger partial charge >= 0.3 is 0 Å². The zero-order valence-corrected chi connectivity index (χ0v) is 11.9. The lowest BCUT2D eigenvalue weighted by atomic mass is 10.1. The number of benzene rings is 2. The maximum atomic E-state index is 10.0. The number of nitrogens with one attached hydrogen (secondary N) is 1. The Morgan fingerprint density at radius 1 is 1.05 bits per heavy atom. The smallest absolute Gasteiger partial charge is 0.0914 e. The second kappa shape index (κ2) is 7.34. The van der Waals surface area contributed by atoms with E-state index in [1.54, 1.807) is 11.8 Å². The summed E-state index contributed by atoms with van der Waals surface area (Å²) >= 11 is 1.74. The molecule has 2 rings (SSSR count). The van der Waals surface area contributed by atoms with E-state index in [9.17, 15) is 5.11 Å².